The van der Waals surface area contributed by atoms with Crippen molar-refractivity contribution in [1.82, 2.24) is 9.97 Å². The maximum atomic E-state index is 12.0. The second kappa shape index (κ2) is 7.06. The van der Waals surface area contributed by atoms with E-state index in [1.807, 2.05) is 0 Å². The fraction of sp³-hybridized carbons (Fsp3) is 0.438. The molecule has 2 rings (SSSR count). The fourth-order valence-electron chi connectivity index (χ4n) is 2.10. The lowest BCUT2D eigenvalue weighted by atomic mass is 10.1. The molecule has 0 saturated heterocycles. The first-order chi connectivity index (χ1) is 10.5. The van der Waals surface area contributed by atoms with Gasteiger partial charge in [-0.2, -0.15) is 0 Å². The number of hydrogen-bond acceptors (Lipinski definition) is 5. The zero-order valence-electron chi connectivity index (χ0n) is 13.3. The number of hydrogen-bond donors (Lipinski definition) is 1. The van der Waals surface area contributed by atoms with E-state index in [4.69, 9.17) is 9.47 Å². The number of methoxy groups -OCH3 is 2. The molecule has 0 saturated carbocycles. The Balaban J connectivity index is 2.32. The van der Waals surface area contributed by atoms with Crippen LogP contribution < -0.4 is 14.8 Å². The maximum Gasteiger partial charge on any atom is 0.225 e. The van der Waals surface area contributed by atoms with Gasteiger partial charge in [-0.3, -0.25) is 4.79 Å². The van der Waals surface area contributed by atoms with Gasteiger partial charge in [0.05, 0.1) is 19.7 Å². The van der Waals surface area contributed by atoms with E-state index in [0.29, 0.717) is 35.2 Å². The third kappa shape index (κ3) is 3.63. The highest BCUT2D eigenvalue weighted by molar-refractivity contribution is 6.00. The van der Waals surface area contributed by atoms with Crippen LogP contribution in [0, 0.1) is 5.92 Å². The Morgan fingerprint density at radius 2 is 1.86 bits per heavy atom. The highest BCUT2D eigenvalue weighted by Crippen LogP contribution is 2.33. The zero-order chi connectivity index (χ0) is 16.1. The first-order valence-electron chi connectivity index (χ1n) is 7.21. The standard InChI is InChI=1S/C16H21N3O3/c1-10(2)5-6-15(20)19-16-11-7-13(21-3)14(22-4)8-12(11)17-9-18-16/h7-10H,5-6H2,1-4H3,(H,17,18,19,20). The molecule has 0 spiro atoms. The topological polar surface area (TPSA) is 73.3 Å². The minimum atomic E-state index is -0.0523. The number of rotatable bonds is 6. The van der Waals surface area contributed by atoms with Gasteiger partial charge in [-0.15, -0.1) is 0 Å². The molecule has 0 radical (unpaired) electrons. The highest BCUT2D eigenvalue weighted by atomic mass is 16.5. The van der Waals surface area contributed by atoms with Crippen LogP contribution in [0.3, 0.4) is 0 Å². The fourth-order valence-corrected chi connectivity index (χ4v) is 2.10. The van der Waals surface area contributed by atoms with Gasteiger partial charge >= 0.3 is 0 Å². The predicted octanol–water partition coefficient (Wildman–Crippen LogP) is 3.02. The summed E-state index contributed by atoms with van der Waals surface area (Å²) < 4.78 is 10.5. The van der Waals surface area contributed by atoms with Crippen molar-refractivity contribution >= 4 is 22.6 Å². The Labute approximate surface area is 129 Å². The predicted molar refractivity (Wildman–Crippen MR) is 85.3 cm³/mol. The van der Waals surface area contributed by atoms with Gasteiger partial charge in [0.25, 0.3) is 0 Å². The van der Waals surface area contributed by atoms with Gasteiger partial charge in [0.15, 0.2) is 11.5 Å². The first kappa shape index (κ1) is 16.0. The number of fused-ring (bicyclic) bond motifs is 1. The molecule has 0 aliphatic heterocycles. The summed E-state index contributed by atoms with van der Waals surface area (Å²) in [6, 6.07) is 3.53. The quantitative estimate of drug-likeness (QED) is 0.888. The summed E-state index contributed by atoms with van der Waals surface area (Å²) in [7, 11) is 3.13. The van der Waals surface area contributed by atoms with Gasteiger partial charge in [-0.25, -0.2) is 9.97 Å². The summed E-state index contributed by atoms with van der Waals surface area (Å²) in [5.41, 5.74) is 0.687. The monoisotopic (exact) mass is 303 g/mol. The van der Waals surface area contributed by atoms with E-state index in [0.717, 1.165) is 11.8 Å². The van der Waals surface area contributed by atoms with Gasteiger partial charge in [-0.05, 0) is 18.4 Å². The number of ether oxygens (including phenoxy) is 2. The Bertz CT molecular complexity index is 671. The Morgan fingerprint density at radius 3 is 2.50 bits per heavy atom. The number of nitrogens with zero attached hydrogens (tertiary/aromatic N) is 2. The number of carbonyl (C=O) groups is 1. The normalized spacial score (nSPS) is 10.8. The summed E-state index contributed by atoms with van der Waals surface area (Å²) in [6.07, 6.45) is 2.73. The number of amides is 1. The van der Waals surface area contributed by atoms with E-state index >= 15 is 0 Å². The lowest BCUT2D eigenvalue weighted by Crippen LogP contribution is -2.13. The van der Waals surface area contributed by atoms with E-state index in [1.165, 1.54) is 6.33 Å². The van der Waals surface area contributed by atoms with E-state index in [2.05, 4.69) is 29.1 Å². The van der Waals surface area contributed by atoms with Crippen molar-refractivity contribution in [2.45, 2.75) is 26.7 Å². The maximum absolute atomic E-state index is 12.0. The van der Waals surface area contributed by atoms with Crippen molar-refractivity contribution in [1.29, 1.82) is 0 Å². The van der Waals surface area contributed by atoms with Gasteiger partial charge in [0.1, 0.15) is 12.1 Å². The molecule has 0 atom stereocenters. The van der Waals surface area contributed by atoms with Gasteiger partial charge in [0, 0.05) is 17.9 Å². The molecule has 6 heteroatoms. The molecule has 0 unspecified atom stereocenters. The van der Waals surface area contributed by atoms with E-state index in [-0.39, 0.29) is 5.91 Å². The molecular formula is C16H21N3O3. The Hall–Kier alpha value is -2.37. The Morgan fingerprint density at radius 1 is 1.18 bits per heavy atom. The van der Waals surface area contributed by atoms with Crippen LogP contribution in [0.4, 0.5) is 5.82 Å². The number of aromatic nitrogens is 2. The van der Waals surface area contributed by atoms with Crippen LogP contribution in [0.5, 0.6) is 11.5 Å². The molecule has 22 heavy (non-hydrogen) atoms. The minimum Gasteiger partial charge on any atom is -0.493 e. The number of anilines is 1. The van der Waals surface area contributed by atoms with E-state index in [9.17, 15) is 4.79 Å². The summed E-state index contributed by atoms with van der Waals surface area (Å²) in [6.45, 7) is 4.18. The average Bonchev–Trinajstić information content (AvgIpc) is 2.51. The van der Waals surface area contributed by atoms with Crippen LogP contribution in [0.25, 0.3) is 10.9 Å². The van der Waals surface area contributed by atoms with Crippen molar-refractivity contribution in [3.8, 4) is 11.5 Å². The molecule has 0 bridgehead atoms. The van der Waals surface area contributed by atoms with Crippen molar-refractivity contribution in [2.24, 2.45) is 5.92 Å². The van der Waals surface area contributed by atoms with Crippen molar-refractivity contribution in [3.05, 3.63) is 18.5 Å². The Kier molecular flexibility index (Phi) is 5.14. The van der Waals surface area contributed by atoms with Crippen LogP contribution in [-0.4, -0.2) is 30.1 Å². The number of carbonyl (C=O) groups excluding carboxylic acids is 1. The first-order valence-corrected chi connectivity index (χ1v) is 7.21. The van der Waals surface area contributed by atoms with Gasteiger partial charge < -0.3 is 14.8 Å². The van der Waals surface area contributed by atoms with Crippen LogP contribution in [0.15, 0.2) is 18.5 Å². The summed E-state index contributed by atoms with van der Waals surface area (Å²) in [5, 5.41) is 3.56. The summed E-state index contributed by atoms with van der Waals surface area (Å²) >= 11 is 0. The van der Waals surface area contributed by atoms with Crippen LogP contribution in [0.2, 0.25) is 0 Å². The molecule has 2 aromatic rings. The van der Waals surface area contributed by atoms with Gasteiger partial charge in [0.2, 0.25) is 5.91 Å². The van der Waals surface area contributed by atoms with Crippen molar-refractivity contribution in [3.63, 3.8) is 0 Å². The molecule has 1 N–H and O–H groups in total. The smallest absolute Gasteiger partial charge is 0.225 e. The highest BCUT2D eigenvalue weighted by Gasteiger charge is 2.12. The lowest BCUT2D eigenvalue weighted by Gasteiger charge is -2.11. The average molecular weight is 303 g/mol. The SMILES string of the molecule is COc1cc2ncnc(NC(=O)CCC(C)C)c2cc1OC. The molecule has 1 aromatic carbocycles. The van der Waals surface area contributed by atoms with Gasteiger partial charge in [-0.1, -0.05) is 13.8 Å². The van der Waals surface area contributed by atoms with Crippen molar-refractivity contribution < 1.29 is 14.3 Å². The minimum absolute atomic E-state index is 0.0523. The third-order valence-electron chi connectivity index (χ3n) is 3.35. The summed E-state index contributed by atoms with van der Waals surface area (Å²) in [4.78, 5) is 20.4. The molecule has 0 aliphatic carbocycles. The van der Waals surface area contributed by atoms with E-state index in [1.54, 1.807) is 26.4 Å². The molecule has 6 nitrogen and oxygen atoms in total. The molecular weight excluding hydrogens is 282 g/mol. The van der Waals surface area contributed by atoms with Crippen LogP contribution >= 0.6 is 0 Å². The second-order valence-corrected chi connectivity index (χ2v) is 5.43. The summed E-state index contributed by atoms with van der Waals surface area (Å²) in [5.74, 6) is 2.08. The zero-order valence-corrected chi connectivity index (χ0v) is 13.3. The molecule has 1 amide bonds. The second-order valence-electron chi connectivity index (χ2n) is 5.43. The molecule has 0 fully saturated rings. The largest absolute Gasteiger partial charge is 0.493 e. The lowest BCUT2D eigenvalue weighted by molar-refractivity contribution is -0.116. The molecule has 1 heterocycles. The molecule has 0 aliphatic rings. The molecule has 1 aromatic heterocycles. The van der Waals surface area contributed by atoms with Crippen LogP contribution in [-0.2, 0) is 4.79 Å². The van der Waals surface area contributed by atoms with Crippen LogP contribution in [0.1, 0.15) is 26.7 Å². The third-order valence-corrected chi connectivity index (χ3v) is 3.35. The molecule has 118 valence electrons. The number of nitrogens with one attached hydrogen (secondary N) is 1. The number of benzene rings is 1. The van der Waals surface area contributed by atoms with E-state index < -0.39 is 0 Å². The van der Waals surface area contributed by atoms with Crippen molar-refractivity contribution in [2.75, 3.05) is 19.5 Å².